The number of aliphatic hydroxyl groups excluding tert-OH is 1. The van der Waals surface area contributed by atoms with Gasteiger partial charge in [-0.05, 0) is 45.2 Å². The van der Waals surface area contributed by atoms with Gasteiger partial charge in [0.05, 0.1) is 6.10 Å². The number of nitrogens with two attached hydrogens (primary N) is 1. The molecule has 4 atom stereocenters. The molecule has 3 N–H and O–H groups in total. The van der Waals surface area contributed by atoms with Crippen molar-refractivity contribution >= 4 is 0 Å². The van der Waals surface area contributed by atoms with E-state index in [9.17, 15) is 5.11 Å². The van der Waals surface area contributed by atoms with Crippen LogP contribution in [-0.2, 0) is 0 Å². The number of aryl methyl sites for hydroxylation is 1. The van der Waals surface area contributed by atoms with E-state index in [-0.39, 0.29) is 18.2 Å². The van der Waals surface area contributed by atoms with Gasteiger partial charge in [-0.2, -0.15) is 0 Å². The molecule has 4 unspecified atom stereocenters. The minimum Gasteiger partial charge on any atom is -0.393 e. The van der Waals surface area contributed by atoms with Gasteiger partial charge in [0.15, 0.2) is 0 Å². The van der Waals surface area contributed by atoms with E-state index >= 15 is 0 Å². The van der Waals surface area contributed by atoms with Crippen molar-refractivity contribution in [3.05, 3.63) is 35.4 Å². The average Bonchev–Trinajstić information content (AvgIpc) is 2.78. The van der Waals surface area contributed by atoms with Gasteiger partial charge >= 0.3 is 0 Å². The molecule has 2 rings (SSSR count). The third-order valence-corrected chi connectivity index (χ3v) is 4.21. The van der Waals surface area contributed by atoms with Crippen LogP contribution in [-0.4, -0.2) is 35.2 Å². The Kier molecular flexibility index (Phi) is 4.61. The topological polar surface area (TPSA) is 49.5 Å². The molecule has 19 heavy (non-hydrogen) atoms. The van der Waals surface area contributed by atoms with E-state index in [2.05, 4.69) is 43.0 Å². The molecule has 0 saturated carbocycles. The largest absolute Gasteiger partial charge is 0.393 e. The Bertz CT molecular complexity index is 417. The first-order chi connectivity index (χ1) is 8.99. The number of likely N-dealkylation sites (tertiary alicyclic amines) is 1. The van der Waals surface area contributed by atoms with Crippen LogP contribution in [0.15, 0.2) is 24.3 Å². The molecule has 1 heterocycles. The molecule has 0 radical (unpaired) electrons. The Labute approximate surface area is 116 Å². The van der Waals surface area contributed by atoms with Crippen LogP contribution in [0.25, 0.3) is 0 Å². The molecule has 3 nitrogen and oxygen atoms in total. The summed E-state index contributed by atoms with van der Waals surface area (Å²) in [7, 11) is 0. The fourth-order valence-electron chi connectivity index (χ4n) is 3.16. The monoisotopic (exact) mass is 262 g/mol. The first-order valence-electron chi connectivity index (χ1n) is 7.23. The Balaban J connectivity index is 2.18. The normalized spacial score (nSPS) is 25.2. The summed E-state index contributed by atoms with van der Waals surface area (Å²) >= 11 is 0. The highest BCUT2D eigenvalue weighted by Gasteiger charge is 2.32. The Morgan fingerprint density at radius 3 is 2.63 bits per heavy atom. The van der Waals surface area contributed by atoms with Crippen LogP contribution in [0.1, 0.15) is 37.4 Å². The van der Waals surface area contributed by atoms with E-state index < -0.39 is 0 Å². The van der Waals surface area contributed by atoms with Gasteiger partial charge in [0.2, 0.25) is 0 Å². The lowest BCUT2D eigenvalue weighted by Gasteiger charge is -2.32. The minimum atomic E-state index is -0.226. The van der Waals surface area contributed by atoms with Gasteiger partial charge in [0.25, 0.3) is 0 Å². The van der Waals surface area contributed by atoms with Gasteiger partial charge in [0.1, 0.15) is 0 Å². The molecule has 1 aromatic rings. The van der Waals surface area contributed by atoms with Crippen LogP contribution in [0.3, 0.4) is 0 Å². The molecule has 1 aliphatic rings. The van der Waals surface area contributed by atoms with E-state index in [1.165, 1.54) is 11.1 Å². The molecule has 106 valence electrons. The molecule has 1 fully saturated rings. The summed E-state index contributed by atoms with van der Waals surface area (Å²) in [6.07, 6.45) is 0.837. The maximum Gasteiger partial charge on any atom is 0.0552 e. The maximum absolute atomic E-state index is 9.75. The molecule has 3 heteroatoms. The third kappa shape index (κ3) is 3.35. The Morgan fingerprint density at radius 1 is 1.37 bits per heavy atom. The average molecular weight is 262 g/mol. The summed E-state index contributed by atoms with van der Waals surface area (Å²) in [6, 6.07) is 8.95. The van der Waals surface area contributed by atoms with Gasteiger partial charge in [0, 0.05) is 18.6 Å². The van der Waals surface area contributed by atoms with Crippen LogP contribution >= 0.6 is 0 Å². The standard InChI is InChI=1S/C16H26N2O/c1-11-5-4-6-14(9-11)16(12(2)17)18-8-7-15(10-18)13(3)19/h4-6,9,12-13,15-16,19H,7-8,10,17H2,1-3H3. The van der Waals surface area contributed by atoms with E-state index in [1.54, 1.807) is 0 Å². The molecular weight excluding hydrogens is 236 g/mol. The van der Waals surface area contributed by atoms with Crippen molar-refractivity contribution in [1.29, 1.82) is 0 Å². The second-order valence-electron chi connectivity index (χ2n) is 6.00. The zero-order chi connectivity index (χ0) is 14.0. The minimum absolute atomic E-state index is 0.0922. The summed E-state index contributed by atoms with van der Waals surface area (Å²) in [5.74, 6) is 0.381. The molecule has 0 bridgehead atoms. The number of nitrogens with zero attached hydrogens (tertiary/aromatic N) is 1. The highest BCUT2D eigenvalue weighted by Crippen LogP contribution is 2.31. The first kappa shape index (κ1) is 14.5. The van der Waals surface area contributed by atoms with E-state index in [0.717, 1.165) is 19.5 Å². The van der Waals surface area contributed by atoms with Gasteiger partial charge < -0.3 is 10.8 Å². The van der Waals surface area contributed by atoms with Crippen molar-refractivity contribution in [3.8, 4) is 0 Å². The Hall–Kier alpha value is -0.900. The van der Waals surface area contributed by atoms with Crippen molar-refractivity contribution in [1.82, 2.24) is 4.90 Å². The smallest absolute Gasteiger partial charge is 0.0552 e. The van der Waals surface area contributed by atoms with Gasteiger partial charge in [-0.15, -0.1) is 0 Å². The van der Waals surface area contributed by atoms with E-state index in [4.69, 9.17) is 5.73 Å². The maximum atomic E-state index is 9.75. The number of aliphatic hydroxyl groups is 1. The van der Waals surface area contributed by atoms with Gasteiger partial charge in [-0.25, -0.2) is 0 Å². The predicted molar refractivity (Wildman–Crippen MR) is 78.9 cm³/mol. The first-order valence-corrected chi connectivity index (χ1v) is 7.23. The van der Waals surface area contributed by atoms with Crippen molar-refractivity contribution in [2.45, 2.75) is 45.4 Å². The summed E-state index contributed by atoms with van der Waals surface area (Å²) < 4.78 is 0. The second kappa shape index (κ2) is 6.04. The van der Waals surface area contributed by atoms with Crippen LogP contribution in [0.5, 0.6) is 0 Å². The Morgan fingerprint density at radius 2 is 2.11 bits per heavy atom. The van der Waals surface area contributed by atoms with Crippen molar-refractivity contribution in [3.63, 3.8) is 0 Å². The fourth-order valence-corrected chi connectivity index (χ4v) is 3.16. The number of hydrogen-bond donors (Lipinski definition) is 2. The summed E-state index contributed by atoms with van der Waals surface area (Å²) in [6.45, 7) is 8.04. The van der Waals surface area contributed by atoms with Crippen LogP contribution in [0.4, 0.5) is 0 Å². The predicted octanol–water partition coefficient (Wildman–Crippen LogP) is 2.09. The molecule has 1 aliphatic heterocycles. The van der Waals surface area contributed by atoms with Crippen LogP contribution in [0, 0.1) is 12.8 Å². The van der Waals surface area contributed by atoms with Gasteiger partial charge in [-0.3, -0.25) is 4.90 Å². The van der Waals surface area contributed by atoms with Crippen molar-refractivity contribution in [2.24, 2.45) is 11.7 Å². The summed E-state index contributed by atoms with van der Waals surface area (Å²) in [5, 5.41) is 9.75. The van der Waals surface area contributed by atoms with E-state index in [0.29, 0.717) is 5.92 Å². The molecule has 0 spiro atoms. The third-order valence-electron chi connectivity index (χ3n) is 4.21. The molecule has 1 saturated heterocycles. The highest BCUT2D eigenvalue weighted by molar-refractivity contribution is 5.26. The number of hydrogen-bond acceptors (Lipinski definition) is 3. The molecular formula is C16H26N2O. The van der Waals surface area contributed by atoms with E-state index in [1.807, 2.05) is 6.92 Å². The van der Waals surface area contributed by atoms with Crippen LogP contribution < -0.4 is 5.73 Å². The van der Waals surface area contributed by atoms with Crippen molar-refractivity contribution < 1.29 is 5.11 Å². The zero-order valence-corrected chi connectivity index (χ0v) is 12.2. The SMILES string of the molecule is Cc1cccc(C(C(C)N)N2CCC(C(C)O)C2)c1. The fraction of sp³-hybridized carbons (Fsp3) is 0.625. The molecule has 0 amide bonds. The summed E-state index contributed by atoms with van der Waals surface area (Å²) in [5.41, 5.74) is 8.78. The summed E-state index contributed by atoms with van der Waals surface area (Å²) in [4.78, 5) is 2.43. The highest BCUT2D eigenvalue weighted by atomic mass is 16.3. The lowest BCUT2D eigenvalue weighted by Crippen LogP contribution is -2.39. The number of rotatable bonds is 4. The second-order valence-corrected chi connectivity index (χ2v) is 6.00. The van der Waals surface area contributed by atoms with Crippen LogP contribution in [0.2, 0.25) is 0 Å². The lowest BCUT2D eigenvalue weighted by molar-refractivity contribution is 0.119. The quantitative estimate of drug-likeness (QED) is 0.873. The molecule has 0 aliphatic carbocycles. The number of benzene rings is 1. The molecule has 0 aromatic heterocycles. The molecule has 1 aromatic carbocycles. The van der Waals surface area contributed by atoms with Crippen molar-refractivity contribution in [2.75, 3.05) is 13.1 Å². The van der Waals surface area contributed by atoms with Gasteiger partial charge in [-0.1, -0.05) is 29.8 Å². The lowest BCUT2D eigenvalue weighted by atomic mass is 9.97. The zero-order valence-electron chi connectivity index (χ0n) is 12.2.